The Bertz CT molecular complexity index is 251. The van der Waals surface area contributed by atoms with Crippen LogP contribution in [0.25, 0.3) is 0 Å². The molecule has 1 aromatic heterocycles. The quantitative estimate of drug-likeness (QED) is 0.539. The fraction of sp³-hybridized carbons (Fsp3) is 0.500. The summed E-state index contributed by atoms with van der Waals surface area (Å²) in [6.45, 7) is 3.78. The summed E-state index contributed by atoms with van der Waals surface area (Å²) in [5, 5.41) is 0. The number of halogens is 1. The monoisotopic (exact) mass is 215 g/mol. The Morgan fingerprint density at radius 2 is 2.21 bits per heavy atom. The lowest BCUT2D eigenvalue weighted by atomic mass is 10.3. The number of rotatable bonds is 6. The van der Waals surface area contributed by atoms with Crippen molar-refractivity contribution in [2.24, 2.45) is 0 Å². The average Bonchev–Trinajstić information content (AvgIpc) is 2.25. The Labute approximate surface area is 89.0 Å². The van der Waals surface area contributed by atoms with Crippen LogP contribution >= 0.6 is 11.6 Å². The molecule has 0 unspecified atom stereocenters. The van der Waals surface area contributed by atoms with E-state index in [1.165, 1.54) is 0 Å². The second-order valence-corrected chi connectivity index (χ2v) is 2.95. The minimum atomic E-state index is 0.478. The molecule has 1 rings (SSSR count). The molecule has 1 aromatic rings. The lowest BCUT2D eigenvalue weighted by Gasteiger charge is -2.05. The van der Waals surface area contributed by atoms with Crippen LogP contribution < -0.4 is 4.74 Å². The van der Waals surface area contributed by atoms with Crippen molar-refractivity contribution in [3.63, 3.8) is 0 Å². The molecule has 0 aliphatic rings. The van der Waals surface area contributed by atoms with Gasteiger partial charge in [0.25, 0.3) is 0 Å². The molecular formula is C10H14ClNO2. The van der Waals surface area contributed by atoms with Gasteiger partial charge in [-0.05, 0) is 12.5 Å². The predicted molar refractivity (Wildman–Crippen MR) is 55.8 cm³/mol. The first-order chi connectivity index (χ1) is 6.86. The largest absolute Gasteiger partial charge is 0.475 e. The van der Waals surface area contributed by atoms with Gasteiger partial charge in [0.1, 0.15) is 6.61 Å². The third kappa shape index (κ3) is 3.94. The molecule has 14 heavy (non-hydrogen) atoms. The fourth-order valence-corrected chi connectivity index (χ4v) is 1.08. The first-order valence-electron chi connectivity index (χ1n) is 4.58. The van der Waals surface area contributed by atoms with Gasteiger partial charge >= 0.3 is 0 Å². The van der Waals surface area contributed by atoms with Crippen molar-refractivity contribution in [3.8, 4) is 5.88 Å². The maximum atomic E-state index is 5.62. The maximum Gasteiger partial charge on any atom is 0.213 e. The fourth-order valence-electron chi connectivity index (χ4n) is 0.925. The molecule has 3 nitrogen and oxygen atoms in total. The third-order valence-electron chi connectivity index (χ3n) is 1.63. The van der Waals surface area contributed by atoms with Gasteiger partial charge in [-0.2, -0.15) is 0 Å². The van der Waals surface area contributed by atoms with E-state index < -0.39 is 0 Å². The molecule has 0 saturated heterocycles. The molecule has 0 saturated carbocycles. The molecule has 0 bridgehead atoms. The van der Waals surface area contributed by atoms with E-state index in [0.717, 1.165) is 5.56 Å². The summed E-state index contributed by atoms with van der Waals surface area (Å²) in [5.41, 5.74) is 0.990. The summed E-state index contributed by atoms with van der Waals surface area (Å²) >= 11 is 5.62. The standard InChI is InChI=1S/C10H14ClNO2/c1-2-13-5-6-14-10-4-3-9(7-11)8-12-10/h3-4,8H,2,5-7H2,1H3. The molecular weight excluding hydrogens is 202 g/mol. The highest BCUT2D eigenvalue weighted by atomic mass is 35.5. The van der Waals surface area contributed by atoms with Crippen molar-refractivity contribution < 1.29 is 9.47 Å². The van der Waals surface area contributed by atoms with Crippen LogP contribution in [-0.4, -0.2) is 24.8 Å². The van der Waals surface area contributed by atoms with Crippen LogP contribution in [0.4, 0.5) is 0 Å². The highest BCUT2D eigenvalue weighted by Crippen LogP contribution is 2.08. The van der Waals surface area contributed by atoms with Crippen molar-refractivity contribution in [2.75, 3.05) is 19.8 Å². The Morgan fingerprint density at radius 3 is 2.79 bits per heavy atom. The second kappa shape index (κ2) is 6.62. The molecule has 0 atom stereocenters. The average molecular weight is 216 g/mol. The third-order valence-corrected chi connectivity index (χ3v) is 1.94. The predicted octanol–water partition coefficient (Wildman–Crippen LogP) is 2.24. The van der Waals surface area contributed by atoms with Crippen molar-refractivity contribution in [1.82, 2.24) is 4.98 Å². The van der Waals surface area contributed by atoms with Gasteiger partial charge < -0.3 is 9.47 Å². The van der Waals surface area contributed by atoms with E-state index in [9.17, 15) is 0 Å². The van der Waals surface area contributed by atoms with Crippen LogP contribution in [0.15, 0.2) is 18.3 Å². The van der Waals surface area contributed by atoms with Gasteiger partial charge in [-0.15, -0.1) is 11.6 Å². The van der Waals surface area contributed by atoms with E-state index in [0.29, 0.717) is 31.6 Å². The van der Waals surface area contributed by atoms with Crippen LogP contribution in [0.3, 0.4) is 0 Å². The smallest absolute Gasteiger partial charge is 0.213 e. The second-order valence-electron chi connectivity index (χ2n) is 2.68. The van der Waals surface area contributed by atoms with E-state index in [-0.39, 0.29) is 0 Å². The summed E-state index contributed by atoms with van der Waals surface area (Å²) in [4.78, 5) is 4.08. The molecule has 0 radical (unpaired) electrons. The van der Waals surface area contributed by atoms with Gasteiger partial charge in [0, 0.05) is 24.8 Å². The normalized spacial score (nSPS) is 10.1. The Morgan fingerprint density at radius 1 is 1.36 bits per heavy atom. The molecule has 0 aliphatic heterocycles. The summed E-state index contributed by atoms with van der Waals surface area (Å²) < 4.78 is 10.5. The molecule has 4 heteroatoms. The lowest BCUT2D eigenvalue weighted by Crippen LogP contribution is -2.07. The van der Waals surface area contributed by atoms with Gasteiger partial charge in [-0.1, -0.05) is 6.07 Å². The minimum Gasteiger partial charge on any atom is -0.475 e. The van der Waals surface area contributed by atoms with E-state index in [2.05, 4.69) is 4.98 Å². The summed E-state index contributed by atoms with van der Waals surface area (Å²) in [5.74, 6) is 1.09. The maximum absolute atomic E-state index is 5.62. The number of ether oxygens (including phenoxy) is 2. The molecule has 78 valence electrons. The van der Waals surface area contributed by atoms with Gasteiger partial charge in [0.2, 0.25) is 5.88 Å². The molecule has 0 aliphatic carbocycles. The van der Waals surface area contributed by atoms with E-state index in [4.69, 9.17) is 21.1 Å². The zero-order chi connectivity index (χ0) is 10.2. The Balaban J connectivity index is 2.29. The molecule has 0 N–H and O–H groups in total. The number of hydrogen-bond acceptors (Lipinski definition) is 3. The number of pyridine rings is 1. The van der Waals surface area contributed by atoms with Crippen LogP contribution in [0.5, 0.6) is 5.88 Å². The minimum absolute atomic E-state index is 0.478. The highest BCUT2D eigenvalue weighted by Gasteiger charge is 1.95. The zero-order valence-corrected chi connectivity index (χ0v) is 8.96. The van der Waals surface area contributed by atoms with Crippen LogP contribution in [0.1, 0.15) is 12.5 Å². The molecule has 0 aromatic carbocycles. The molecule has 0 spiro atoms. The van der Waals surface area contributed by atoms with Crippen LogP contribution in [0.2, 0.25) is 0 Å². The van der Waals surface area contributed by atoms with Gasteiger partial charge in [0.05, 0.1) is 6.61 Å². The number of alkyl halides is 1. The Kier molecular flexibility index (Phi) is 5.33. The number of hydrogen-bond donors (Lipinski definition) is 0. The van der Waals surface area contributed by atoms with Crippen molar-refractivity contribution in [3.05, 3.63) is 23.9 Å². The lowest BCUT2D eigenvalue weighted by molar-refractivity contribution is 0.108. The number of aromatic nitrogens is 1. The molecule has 0 amide bonds. The van der Waals surface area contributed by atoms with Crippen LogP contribution in [0, 0.1) is 0 Å². The topological polar surface area (TPSA) is 31.4 Å². The molecule has 0 fully saturated rings. The van der Waals surface area contributed by atoms with E-state index in [1.54, 1.807) is 6.20 Å². The van der Waals surface area contributed by atoms with E-state index >= 15 is 0 Å². The van der Waals surface area contributed by atoms with Gasteiger partial charge in [-0.25, -0.2) is 4.98 Å². The van der Waals surface area contributed by atoms with Crippen LogP contribution in [-0.2, 0) is 10.6 Å². The van der Waals surface area contributed by atoms with Crippen molar-refractivity contribution >= 4 is 11.6 Å². The molecule has 1 heterocycles. The van der Waals surface area contributed by atoms with Gasteiger partial charge in [-0.3, -0.25) is 0 Å². The summed E-state index contributed by atoms with van der Waals surface area (Å²) in [7, 11) is 0. The first kappa shape index (κ1) is 11.3. The zero-order valence-electron chi connectivity index (χ0n) is 8.20. The first-order valence-corrected chi connectivity index (χ1v) is 5.11. The van der Waals surface area contributed by atoms with Crippen molar-refractivity contribution in [2.45, 2.75) is 12.8 Å². The highest BCUT2D eigenvalue weighted by molar-refractivity contribution is 6.17. The summed E-state index contributed by atoms with van der Waals surface area (Å²) in [6.07, 6.45) is 1.71. The number of nitrogens with zero attached hydrogens (tertiary/aromatic N) is 1. The van der Waals surface area contributed by atoms with Crippen molar-refractivity contribution in [1.29, 1.82) is 0 Å². The Hall–Kier alpha value is -0.800. The van der Waals surface area contributed by atoms with E-state index in [1.807, 2.05) is 19.1 Å². The summed E-state index contributed by atoms with van der Waals surface area (Å²) in [6, 6.07) is 3.71. The van der Waals surface area contributed by atoms with Gasteiger partial charge in [0.15, 0.2) is 0 Å². The SMILES string of the molecule is CCOCCOc1ccc(CCl)cn1.